The van der Waals surface area contributed by atoms with Gasteiger partial charge >= 0.3 is 0 Å². The van der Waals surface area contributed by atoms with E-state index < -0.39 is 0 Å². The van der Waals surface area contributed by atoms with E-state index in [1.807, 2.05) is 12.4 Å². The average Bonchev–Trinajstić information content (AvgIpc) is 3.31. The number of rotatable bonds is 6. The molecular formula is C55H35N3. The van der Waals surface area contributed by atoms with Gasteiger partial charge in [0.05, 0.1) is 11.4 Å². The van der Waals surface area contributed by atoms with Crippen LogP contribution in [0.25, 0.3) is 110 Å². The summed E-state index contributed by atoms with van der Waals surface area (Å²) < 4.78 is 0. The fourth-order valence-corrected chi connectivity index (χ4v) is 8.48. The molecule has 0 aliphatic rings. The fraction of sp³-hybridized carbons (Fsp3) is 0. The van der Waals surface area contributed by atoms with Crippen LogP contribution in [0.1, 0.15) is 0 Å². The van der Waals surface area contributed by atoms with Crippen molar-refractivity contribution in [3.8, 4) is 67.3 Å². The second kappa shape index (κ2) is 14.1. The van der Waals surface area contributed by atoms with E-state index in [4.69, 9.17) is 9.97 Å². The zero-order chi connectivity index (χ0) is 38.4. The van der Waals surface area contributed by atoms with E-state index in [2.05, 4.69) is 205 Å². The Morgan fingerprint density at radius 1 is 0.259 bits per heavy atom. The summed E-state index contributed by atoms with van der Waals surface area (Å²) in [6.07, 6.45) is 3.87. The van der Waals surface area contributed by atoms with Gasteiger partial charge in [-0.1, -0.05) is 176 Å². The van der Waals surface area contributed by atoms with Gasteiger partial charge in [0.25, 0.3) is 0 Å². The van der Waals surface area contributed by atoms with Crippen LogP contribution in [0.3, 0.4) is 0 Å². The predicted molar refractivity (Wildman–Crippen MR) is 242 cm³/mol. The van der Waals surface area contributed by atoms with Gasteiger partial charge in [-0.3, -0.25) is 4.98 Å². The van der Waals surface area contributed by atoms with Crippen LogP contribution in [0.4, 0.5) is 0 Å². The van der Waals surface area contributed by atoms with Crippen molar-refractivity contribution in [1.29, 1.82) is 0 Å². The van der Waals surface area contributed by atoms with Crippen molar-refractivity contribution >= 4 is 43.1 Å². The number of pyridine rings is 1. The van der Waals surface area contributed by atoms with Gasteiger partial charge in [-0.25, -0.2) is 9.97 Å². The van der Waals surface area contributed by atoms with Crippen LogP contribution < -0.4 is 0 Å². The normalized spacial score (nSPS) is 11.4. The number of nitrogens with zero attached hydrogens (tertiary/aromatic N) is 3. The monoisotopic (exact) mass is 737 g/mol. The highest BCUT2D eigenvalue weighted by Crippen LogP contribution is 2.38. The van der Waals surface area contributed by atoms with Gasteiger partial charge < -0.3 is 0 Å². The third kappa shape index (κ3) is 5.98. The zero-order valence-corrected chi connectivity index (χ0v) is 31.5. The summed E-state index contributed by atoms with van der Waals surface area (Å²) in [6, 6.07) is 71.3. The fourth-order valence-electron chi connectivity index (χ4n) is 8.48. The summed E-state index contributed by atoms with van der Waals surface area (Å²) >= 11 is 0. The average molecular weight is 738 g/mol. The minimum atomic E-state index is 0.678. The van der Waals surface area contributed by atoms with Crippen LogP contribution in [0.5, 0.6) is 0 Å². The quantitative estimate of drug-likeness (QED) is 0.160. The van der Waals surface area contributed by atoms with Gasteiger partial charge in [0.15, 0.2) is 5.82 Å². The molecule has 2 heterocycles. The molecule has 9 aromatic carbocycles. The van der Waals surface area contributed by atoms with E-state index in [1.165, 1.54) is 48.8 Å². The Morgan fingerprint density at radius 2 is 0.793 bits per heavy atom. The van der Waals surface area contributed by atoms with Gasteiger partial charge in [0.1, 0.15) is 0 Å². The molecular weight excluding hydrogens is 703 g/mol. The highest BCUT2D eigenvalue weighted by atomic mass is 14.9. The van der Waals surface area contributed by atoms with Gasteiger partial charge in [-0.2, -0.15) is 0 Å². The van der Waals surface area contributed by atoms with Crippen molar-refractivity contribution in [3.63, 3.8) is 0 Å². The lowest BCUT2D eigenvalue weighted by Gasteiger charge is -2.14. The maximum absolute atomic E-state index is 5.32. The Morgan fingerprint density at radius 3 is 1.59 bits per heavy atom. The molecule has 0 fully saturated rings. The molecule has 0 saturated heterocycles. The minimum absolute atomic E-state index is 0.678. The molecule has 0 radical (unpaired) electrons. The van der Waals surface area contributed by atoms with Crippen molar-refractivity contribution in [2.75, 3.05) is 0 Å². The lowest BCUT2D eigenvalue weighted by molar-refractivity contribution is 1.18. The molecule has 0 atom stereocenters. The Bertz CT molecular complexity index is 3340. The maximum atomic E-state index is 5.32. The third-order valence-electron chi connectivity index (χ3n) is 11.3. The molecule has 0 saturated carbocycles. The number of fused-ring (bicyclic) bond motifs is 5. The summed E-state index contributed by atoms with van der Waals surface area (Å²) in [4.78, 5) is 15.2. The topological polar surface area (TPSA) is 38.7 Å². The first-order valence-corrected chi connectivity index (χ1v) is 19.7. The third-order valence-corrected chi connectivity index (χ3v) is 11.3. The van der Waals surface area contributed by atoms with Crippen LogP contribution >= 0.6 is 0 Å². The van der Waals surface area contributed by atoms with E-state index in [1.54, 1.807) is 0 Å². The number of hydrogen-bond donors (Lipinski definition) is 0. The van der Waals surface area contributed by atoms with E-state index in [0.717, 1.165) is 55.7 Å². The molecule has 11 aromatic rings. The molecule has 11 rings (SSSR count). The first-order chi connectivity index (χ1) is 28.7. The largest absolute Gasteiger partial charge is 0.263 e. The van der Waals surface area contributed by atoms with Gasteiger partial charge in [0, 0.05) is 40.0 Å². The van der Waals surface area contributed by atoms with Gasteiger partial charge in [-0.05, 0) is 89.8 Å². The first kappa shape index (κ1) is 33.6. The van der Waals surface area contributed by atoms with Crippen LogP contribution in [-0.2, 0) is 0 Å². The molecule has 3 nitrogen and oxygen atoms in total. The molecule has 0 aliphatic carbocycles. The maximum Gasteiger partial charge on any atom is 0.160 e. The molecule has 0 N–H and O–H groups in total. The number of aromatic nitrogens is 3. The molecule has 58 heavy (non-hydrogen) atoms. The Balaban J connectivity index is 1.06. The molecule has 0 aliphatic heterocycles. The number of benzene rings is 9. The molecule has 3 heteroatoms. The second-order valence-corrected chi connectivity index (χ2v) is 14.8. The highest BCUT2D eigenvalue weighted by molar-refractivity contribution is 6.14. The standard InChI is InChI=1S/C55H35N3/c1-4-20-45-36(12-1)15-11-25-46(45)39-16-9-18-42(30-39)54-33-53(38-28-26-37(27-29-38)52-35-56-34-44-14-3-6-22-48(44)52)57-55(58-54)43-19-10-17-40(31-43)51-32-41-13-2-5-21-47(41)49-23-7-8-24-50(49)51/h1-35H. The summed E-state index contributed by atoms with van der Waals surface area (Å²) in [7, 11) is 0. The van der Waals surface area contributed by atoms with Gasteiger partial charge in [0.2, 0.25) is 0 Å². The predicted octanol–water partition coefficient (Wildman–Crippen LogP) is 14.5. The smallest absolute Gasteiger partial charge is 0.160 e. The Labute approximate surface area is 336 Å². The van der Waals surface area contributed by atoms with Crippen molar-refractivity contribution in [1.82, 2.24) is 15.0 Å². The minimum Gasteiger partial charge on any atom is -0.263 e. The first-order valence-electron chi connectivity index (χ1n) is 19.7. The summed E-state index contributed by atoms with van der Waals surface area (Å²) in [6.45, 7) is 0. The SMILES string of the molecule is c1cc(-c2cc(-c3ccc(-c4cncc5ccccc45)cc3)nc(-c3cccc(-c4cc5ccccc5c5ccccc45)c3)n2)cc(-c2cccc3ccccc23)c1. The van der Waals surface area contributed by atoms with Crippen LogP contribution in [0.15, 0.2) is 213 Å². The van der Waals surface area contributed by atoms with E-state index in [9.17, 15) is 0 Å². The van der Waals surface area contributed by atoms with E-state index in [0.29, 0.717) is 5.82 Å². The molecule has 270 valence electrons. The van der Waals surface area contributed by atoms with Crippen LogP contribution in [0.2, 0.25) is 0 Å². The summed E-state index contributed by atoms with van der Waals surface area (Å²) in [5.74, 6) is 0.678. The molecule has 0 amide bonds. The molecule has 0 unspecified atom stereocenters. The summed E-state index contributed by atoms with van der Waals surface area (Å²) in [5.41, 5.74) is 11.6. The van der Waals surface area contributed by atoms with Crippen molar-refractivity contribution < 1.29 is 0 Å². The Kier molecular flexibility index (Phi) is 8.15. The lowest BCUT2D eigenvalue weighted by atomic mass is 9.92. The van der Waals surface area contributed by atoms with Crippen LogP contribution in [0, 0.1) is 0 Å². The molecule has 0 spiro atoms. The van der Waals surface area contributed by atoms with Crippen molar-refractivity contribution in [2.45, 2.75) is 0 Å². The van der Waals surface area contributed by atoms with Gasteiger partial charge in [-0.15, -0.1) is 0 Å². The Hall–Kier alpha value is -7.75. The number of hydrogen-bond acceptors (Lipinski definition) is 3. The van der Waals surface area contributed by atoms with Crippen LogP contribution in [-0.4, -0.2) is 15.0 Å². The van der Waals surface area contributed by atoms with Crippen molar-refractivity contribution in [3.05, 3.63) is 213 Å². The molecule has 0 bridgehead atoms. The van der Waals surface area contributed by atoms with E-state index >= 15 is 0 Å². The zero-order valence-electron chi connectivity index (χ0n) is 31.5. The lowest BCUT2D eigenvalue weighted by Crippen LogP contribution is -1.97. The van der Waals surface area contributed by atoms with E-state index in [-0.39, 0.29) is 0 Å². The summed E-state index contributed by atoms with van der Waals surface area (Å²) in [5, 5.41) is 9.70. The highest BCUT2D eigenvalue weighted by Gasteiger charge is 2.15. The van der Waals surface area contributed by atoms with Crippen molar-refractivity contribution in [2.24, 2.45) is 0 Å². The molecule has 2 aromatic heterocycles. The second-order valence-electron chi connectivity index (χ2n) is 14.8.